The van der Waals surface area contributed by atoms with Crippen molar-refractivity contribution in [2.45, 2.75) is 25.2 Å². The Morgan fingerprint density at radius 3 is 2.57 bits per heavy atom. The molecule has 120 valence electrons. The number of hydrogen-bond donors (Lipinski definition) is 0. The smallest absolute Gasteiger partial charge is 0.255 e. The predicted octanol–water partition coefficient (Wildman–Crippen LogP) is 5.40. The molecule has 1 aliphatic heterocycles. The molecule has 4 heteroatoms. The van der Waals surface area contributed by atoms with E-state index >= 15 is 0 Å². The van der Waals surface area contributed by atoms with Gasteiger partial charge in [-0.15, -0.1) is 0 Å². The van der Waals surface area contributed by atoms with Crippen LogP contribution in [0.2, 0.25) is 10.0 Å². The van der Waals surface area contributed by atoms with E-state index in [0.29, 0.717) is 21.5 Å². The number of rotatable bonds is 2. The third-order valence-corrected chi connectivity index (χ3v) is 4.94. The van der Waals surface area contributed by atoms with Crippen LogP contribution in [0.5, 0.6) is 0 Å². The molecule has 1 unspecified atom stereocenters. The molecule has 1 amide bonds. The van der Waals surface area contributed by atoms with E-state index in [1.54, 1.807) is 18.2 Å². The van der Waals surface area contributed by atoms with E-state index < -0.39 is 0 Å². The van der Waals surface area contributed by atoms with Crippen molar-refractivity contribution in [3.8, 4) is 0 Å². The van der Waals surface area contributed by atoms with Crippen LogP contribution in [0.3, 0.4) is 0 Å². The lowest BCUT2D eigenvalue weighted by atomic mass is 9.94. The molecule has 0 saturated carbocycles. The Hall–Kier alpha value is -1.51. The monoisotopic (exact) mass is 347 g/mol. The summed E-state index contributed by atoms with van der Waals surface area (Å²) in [5.41, 5.74) is 1.83. The maximum atomic E-state index is 12.9. The average Bonchev–Trinajstić information content (AvgIpc) is 2.81. The van der Waals surface area contributed by atoms with Gasteiger partial charge in [0.15, 0.2) is 0 Å². The molecule has 0 bridgehead atoms. The summed E-state index contributed by atoms with van der Waals surface area (Å²) in [6, 6.07) is 15.5. The van der Waals surface area contributed by atoms with Gasteiger partial charge in [-0.3, -0.25) is 4.79 Å². The van der Waals surface area contributed by atoms with Gasteiger partial charge in [-0.05, 0) is 36.6 Å². The highest BCUT2D eigenvalue weighted by molar-refractivity contribution is 6.36. The van der Waals surface area contributed by atoms with Crippen molar-refractivity contribution in [3.05, 3.63) is 69.7 Å². The summed E-state index contributed by atoms with van der Waals surface area (Å²) in [4.78, 5) is 14.8. The fraction of sp³-hybridized carbons (Fsp3) is 0.316. The van der Waals surface area contributed by atoms with Gasteiger partial charge in [0.05, 0.1) is 10.6 Å². The van der Waals surface area contributed by atoms with Crippen LogP contribution in [0.25, 0.3) is 0 Å². The Balaban J connectivity index is 1.82. The number of halogens is 2. The molecule has 0 aliphatic carbocycles. The van der Waals surface area contributed by atoms with Gasteiger partial charge >= 0.3 is 0 Å². The molecular weight excluding hydrogens is 329 g/mol. The van der Waals surface area contributed by atoms with Gasteiger partial charge in [-0.1, -0.05) is 60.0 Å². The highest BCUT2D eigenvalue weighted by Crippen LogP contribution is 2.29. The van der Waals surface area contributed by atoms with E-state index in [0.717, 1.165) is 32.4 Å². The van der Waals surface area contributed by atoms with E-state index in [1.807, 2.05) is 11.0 Å². The number of carbonyl (C=O) groups is 1. The molecule has 1 heterocycles. The molecule has 0 N–H and O–H groups in total. The van der Waals surface area contributed by atoms with Crippen molar-refractivity contribution in [3.63, 3.8) is 0 Å². The molecule has 1 atom stereocenters. The minimum absolute atomic E-state index is 0.00509. The fourth-order valence-electron chi connectivity index (χ4n) is 3.16. The molecule has 2 aromatic carbocycles. The van der Waals surface area contributed by atoms with E-state index in [-0.39, 0.29) is 5.91 Å². The number of likely N-dealkylation sites (tertiary alicyclic amines) is 1. The molecule has 2 aromatic rings. The number of amides is 1. The van der Waals surface area contributed by atoms with Crippen molar-refractivity contribution in [1.29, 1.82) is 0 Å². The number of carbonyl (C=O) groups excluding carboxylic acids is 1. The van der Waals surface area contributed by atoms with Gasteiger partial charge in [0.25, 0.3) is 5.91 Å². The molecule has 1 aliphatic rings. The minimum Gasteiger partial charge on any atom is -0.338 e. The largest absolute Gasteiger partial charge is 0.338 e. The number of hydrogen-bond acceptors (Lipinski definition) is 1. The van der Waals surface area contributed by atoms with Crippen LogP contribution in [0.4, 0.5) is 0 Å². The van der Waals surface area contributed by atoms with Crippen LogP contribution in [-0.2, 0) is 0 Å². The molecule has 0 radical (unpaired) electrons. The zero-order valence-corrected chi connectivity index (χ0v) is 14.4. The van der Waals surface area contributed by atoms with E-state index in [2.05, 4.69) is 24.3 Å². The highest BCUT2D eigenvalue weighted by atomic mass is 35.5. The molecule has 1 saturated heterocycles. The second-order valence-electron chi connectivity index (χ2n) is 5.98. The summed E-state index contributed by atoms with van der Waals surface area (Å²) < 4.78 is 0. The van der Waals surface area contributed by atoms with Crippen LogP contribution in [0.15, 0.2) is 48.5 Å². The van der Waals surface area contributed by atoms with Crippen molar-refractivity contribution >= 4 is 29.1 Å². The number of nitrogens with zero attached hydrogens (tertiary/aromatic N) is 1. The first-order valence-electron chi connectivity index (χ1n) is 7.94. The van der Waals surface area contributed by atoms with E-state index in [9.17, 15) is 4.79 Å². The Kier molecular flexibility index (Phi) is 5.24. The second kappa shape index (κ2) is 7.37. The Morgan fingerprint density at radius 2 is 1.83 bits per heavy atom. The lowest BCUT2D eigenvalue weighted by Crippen LogP contribution is -2.34. The molecule has 0 aromatic heterocycles. The third kappa shape index (κ3) is 3.88. The first kappa shape index (κ1) is 16.4. The first-order chi connectivity index (χ1) is 11.1. The van der Waals surface area contributed by atoms with Gasteiger partial charge < -0.3 is 4.90 Å². The molecule has 3 rings (SSSR count). The normalized spacial score (nSPS) is 18.5. The average molecular weight is 348 g/mol. The summed E-state index contributed by atoms with van der Waals surface area (Å²) in [5, 5.41) is 0.965. The Morgan fingerprint density at radius 1 is 1.04 bits per heavy atom. The van der Waals surface area contributed by atoms with Gasteiger partial charge in [-0.2, -0.15) is 0 Å². The lowest BCUT2D eigenvalue weighted by molar-refractivity contribution is 0.0754. The predicted molar refractivity (Wildman–Crippen MR) is 95.4 cm³/mol. The van der Waals surface area contributed by atoms with Crippen LogP contribution in [0, 0.1) is 0 Å². The minimum atomic E-state index is -0.00509. The third-order valence-electron chi connectivity index (χ3n) is 4.39. The zero-order chi connectivity index (χ0) is 16.2. The summed E-state index contributed by atoms with van der Waals surface area (Å²) in [6.45, 7) is 1.52. The summed E-state index contributed by atoms with van der Waals surface area (Å²) >= 11 is 12.1. The fourth-order valence-corrected chi connectivity index (χ4v) is 3.65. The zero-order valence-electron chi connectivity index (χ0n) is 12.8. The summed E-state index contributed by atoms with van der Waals surface area (Å²) in [6.07, 6.45) is 3.28. The first-order valence-corrected chi connectivity index (χ1v) is 8.70. The number of benzene rings is 2. The molecule has 0 spiro atoms. The summed E-state index contributed by atoms with van der Waals surface area (Å²) in [5.74, 6) is 0.378. The summed E-state index contributed by atoms with van der Waals surface area (Å²) in [7, 11) is 0. The van der Waals surface area contributed by atoms with Gasteiger partial charge in [0.2, 0.25) is 0 Å². The van der Waals surface area contributed by atoms with Crippen LogP contribution in [0.1, 0.15) is 41.1 Å². The van der Waals surface area contributed by atoms with Crippen molar-refractivity contribution < 1.29 is 4.79 Å². The van der Waals surface area contributed by atoms with Gasteiger partial charge in [0.1, 0.15) is 0 Å². The van der Waals surface area contributed by atoms with E-state index in [1.165, 1.54) is 5.56 Å². The topological polar surface area (TPSA) is 20.3 Å². The van der Waals surface area contributed by atoms with Crippen LogP contribution < -0.4 is 0 Å². The lowest BCUT2D eigenvalue weighted by Gasteiger charge is -2.25. The maximum Gasteiger partial charge on any atom is 0.255 e. The van der Waals surface area contributed by atoms with Crippen LogP contribution >= 0.6 is 23.2 Å². The molecule has 1 fully saturated rings. The van der Waals surface area contributed by atoms with Gasteiger partial charge in [-0.25, -0.2) is 0 Å². The molecule has 23 heavy (non-hydrogen) atoms. The van der Waals surface area contributed by atoms with Crippen molar-refractivity contribution in [2.24, 2.45) is 0 Å². The standard InChI is InChI=1S/C19H19Cl2NO/c20-16-9-10-17(18(21)12-16)19(23)22-11-5-4-8-15(13-22)14-6-2-1-3-7-14/h1-3,6-7,9-10,12,15H,4-5,8,11,13H2. The Bertz CT molecular complexity index is 687. The van der Waals surface area contributed by atoms with Gasteiger partial charge in [0, 0.05) is 24.0 Å². The quantitative estimate of drug-likeness (QED) is 0.711. The molecule has 2 nitrogen and oxygen atoms in total. The maximum absolute atomic E-state index is 12.9. The van der Waals surface area contributed by atoms with Crippen LogP contribution in [-0.4, -0.2) is 23.9 Å². The SMILES string of the molecule is O=C(c1ccc(Cl)cc1Cl)N1CCCCC(c2ccccc2)C1. The molecular formula is C19H19Cl2NO. The van der Waals surface area contributed by atoms with E-state index in [4.69, 9.17) is 23.2 Å². The Labute approximate surface area is 147 Å². The highest BCUT2D eigenvalue weighted by Gasteiger charge is 2.25. The van der Waals surface area contributed by atoms with Crippen molar-refractivity contribution in [1.82, 2.24) is 4.90 Å². The second-order valence-corrected chi connectivity index (χ2v) is 6.82. The van der Waals surface area contributed by atoms with Crippen molar-refractivity contribution in [2.75, 3.05) is 13.1 Å².